The molecule has 0 heterocycles. The molecule has 2 aromatic carbocycles. The van der Waals surface area contributed by atoms with Gasteiger partial charge >= 0.3 is 0 Å². The summed E-state index contributed by atoms with van der Waals surface area (Å²) in [7, 11) is 1.63. The molecule has 0 amide bonds. The minimum Gasteiger partial charge on any atom is -0.493 e. The zero-order valence-corrected chi connectivity index (χ0v) is 13.1. The Balaban J connectivity index is 2.38. The topological polar surface area (TPSA) is 18.5 Å². The van der Waals surface area contributed by atoms with Crippen molar-refractivity contribution in [3.8, 4) is 17.2 Å². The van der Waals surface area contributed by atoms with Crippen LogP contribution >= 0.6 is 27.5 Å². The van der Waals surface area contributed by atoms with Crippen LogP contribution in [0, 0.1) is 6.92 Å². The number of methoxy groups -OCH3 is 1. The van der Waals surface area contributed by atoms with E-state index in [1.165, 1.54) is 0 Å². The number of benzene rings is 2. The first kappa shape index (κ1) is 14.2. The van der Waals surface area contributed by atoms with E-state index < -0.39 is 0 Å². The fourth-order valence-electron chi connectivity index (χ4n) is 1.71. The average molecular weight is 342 g/mol. The summed E-state index contributed by atoms with van der Waals surface area (Å²) in [6.45, 7) is 2.01. The van der Waals surface area contributed by atoms with E-state index >= 15 is 0 Å². The third-order valence-corrected chi connectivity index (χ3v) is 3.49. The molecule has 0 aliphatic rings. The van der Waals surface area contributed by atoms with Gasteiger partial charge in [0, 0.05) is 10.0 Å². The van der Waals surface area contributed by atoms with Crippen LogP contribution in [0.1, 0.15) is 11.1 Å². The summed E-state index contributed by atoms with van der Waals surface area (Å²) in [5, 5.41) is 0. The van der Waals surface area contributed by atoms with Crippen LogP contribution in [-0.4, -0.2) is 7.11 Å². The van der Waals surface area contributed by atoms with Crippen LogP contribution in [0.15, 0.2) is 40.9 Å². The first-order chi connectivity index (χ1) is 9.13. The van der Waals surface area contributed by atoms with Gasteiger partial charge in [0.1, 0.15) is 5.75 Å². The second kappa shape index (κ2) is 6.31. The van der Waals surface area contributed by atoms with Crippen LogP contribution in [-0.2, 0) is 5.88 Å². The van der Waals surface area contributed by atoms with Crippen LogP contribution < -0.4 is 9.47 Å². The highest BCUT2D eigenvalue weighted by atomic mass is 79.9. The van der Waals surface area contributed by atoms with E-state index in [0.717, 1.165) is 21.3 Å². The Morgan fingerprint density at radius 3 is 2.53 bits per heavy atom. The van der Waals surface area contributed by atoms with Gasteiger partial charge in [-0.3, -0.25) is 0 Å². The zero-order valence-electron chi connectivity index (χ0n) is 10.7. The third kappa shape index (κ3) is 3.43. The maximum Gasteiger partial charge on any atom is 0.169 e. The standard InChI is InChI=1S/C15H14BrClO2/c1-10-3-6-13(15(7-10)18-2)19-14-8-12(16)5-4-11(14)9-17/h3-8H,9H2,1-2H3. The van der Waals surface area contributed by atoms with Crippen molar-refractivity contribution < 1.29 is 9.47 Å². The fraction of sp³-hybridized carbons (Fsp3) is 0.200. The molecule has 0 unspecified atom stereocenters. The zero-order chi connectivity index (χ0) is 13.8. The molecule has 0 bridgehead atoms. The van der Waals surface area contributed by atoms with Crippen molar-refractivity contribution in [2.45, 2.75) is 12.8 Å². The number of alkyl halides is 1. The molecule has 2 rings (SSSR count). The van der Waals surface area contributed by atoms with E-state index in [0.29, 0.717) is 17.4 Å². The fourth-order valence-corrected chi connectivity index (χ4v) is 2.27. The molecule has 0 saturated carbocycles. The average Bonchev–Trinajstić information content (AvgIpc) is 2.41. The van der Waals surface area contributed by atoms with Crippen LogP contribution in [0.4, 0.5) is 0 Å². The van der Waals surface area contributed by atoms with Crippen molar-refractivity contribution in [1.82, 2.24) is 0 Å². The number of halogens is 2. The van der Waals surface area contributed by atoms with E-state index in [1.807, 2.05) is 43.3 Å². The molecular weight excluding hydrogens is 328 g/mol. The first-order valence-electron chi connectivity index (χ1n) is 5.81. The molecule has 0 fully saturated rings. The van der Waals surface area contributed by atoms with Crippen molar-refractivity contribution in [3.63, 3.8) is 0 Å². The van der Waals surface area contributed by atoms with Crippen LogP contribution in [0.5, 0.6) is 17.2 Å². The molecular formula is C15H14BrClO2. The summed E-state index contributed by atoms with van der Waals surface area (Å²) in [6.07, 6.45) is 0. The van der Waals surface area contributed by atoms with Crippen molar-refractivity contribution in [2.24, 2.45) is 0 Å². The largest absolute Gasteiger partial charge is 0.493 e. The van der Waals surface area contributed by atoms with Crippen LogP contribution in [0.25, 0.3) is 0 Å². The Bertz CT molecular complexity index is 584. The van der Waals surface area contributed by atoms with Gasteiger partial charge in [-0.2, -0.15) is 0 Å². The second-order valence-electron chi connectivity index (χ2n) is 4.14. The summed E-state index contributed by atoms with van der Waals surface area (Å²) >= 11 is 9.35. The Morgan fingerprint density at radius 1 is 1.05 bits per heavy atom. The number of aryl methyl sites for hydroxylation is 1. The molecule has 2 nitrogen and oxygen atoms in total. The summed E-state index contributed by atoms with van der Waals surface area (Å²) in [4.78, 5) is 0. The second-order valence-corrected chi connectivity index (χ2v) is 5.32. The predicted octanol–water partition coefficient (Wildman–Crippen LogP) is 5.30. The van der Waals surface area contributed by atoms with Gasteiger partial charge in [-0.25, -0.2) is 0 Å². The lowest BCUT2D eigenvalue weighted by Crippen LogP contribution is -1.93. The first-order valence-corrected chi connectivity index (χ1v) is 7.13. The SMILES string of the molecule is COc1cc(C)ccc1Oc1cc(Br)ccc1CCl. The van der Waals surface area contributed by atoms with E-state index in [4.69, 9.17) is 21.1 Å². The highest BCUT2D eigenvalue weighted by Gasteiger charge is 2.09. The highest BCUT2D eigenvalue weighted by Crippen LogP contribution is 2.35. The summed E-state index contributed by atoms with van der Waals surface area (Å²) in [5.41, 5.74) is 2.06. The molecule has 0 atom stereocenters. The van der Waals surface area contributed by atoms with E-state index in [1.54, 1.807) is 7.11 Å². The number of hydrogen-bond acceptors (Lipinski definition) is 2. The Labute approximate surface area is 126 Å². The van der Waals surface area contributed by atoms with E-state index in [-0.39, 0.29) is 0 Å². The lowest BCUT2D eigenvalue weighted by atomic mass is 10.2. The van der Waals surface area contributed by atoms with E-state index in [9.17, 15) is 0 Å². The maximum absolute atomic E-state index is 5.92. The van der Waals surface area contributed by atoms with E-state index in [2.05, 4.69) is 15.9 Å². The Hall–Kier alpha value is -1.19. The van der Waals surface area contributed by atoms with Gasteiger partial charge in [0.15, 0.2) is 11.5 Å². The molecule has 19 heavy (non-hydrogen) atoms. The molecule has 0 N–H and O–H groups in total. The van der Waals surface area contributed by atoms with Crippen LogP contribution in [0.2, 0.25) is 0 Å². The van der Waals surface area contributed by atoms with Gasteiger partial charge < -0.3 is 9.47 Å². The van der Waals surface area contributed by atoms with Crippen LogP contribution in [0.3, 0.4) is 0 Å². The summed E-state index contributed by atoms with van der Waals surface area (Å²) in [5.74, 6) is 2.51. The highest BCUT2D eigenvalue weighted by molar-refractivity contribution is 9.10. The lowest BCUT2D eigenvalue weighted by Gasteiger charge is -2.13. The molecule has 0 spiro atoms. The molecule has 0 radical (unpaired) electrons. The van der Waals surface area contributed by atoms with Gasteiger partial charge in [-0.05, 0) is 36.8 Å². The van der Waals surface area contributed by atoms with Crippen molar-refractivity contribution in [1.29, 1.82) is 0 Å². The van der Waals surface area contributed by atoms with Crippen molar-refractivity contribution in [2.75, 3.05) is 7.11 Å². The number of hydrogen-bond donors (Lipinski definition) is 0. The summed E-state index contributed by atoms with van der Waals surface area (Å²) in [6, 6.07) is 11.6. The monoisotopic (exact) mass is 340 g/mol. The number of ether oxygens (including phenoxy) is 2. The molecule has 0 aromatic heterocycles. The molecule has 0 saturated heterocycles. The molecule has 4 heteroatoms. The Kier molecular flexibility index (Phi) is 4.72. The minimum atomic E-state index is 0.400. The van der Waals surface area contributed by atoms with Crippen molar-refractivity contribution >= 4 is 27.5 Å². The lowest BCUT2D eigenvalue weighted by molar-refractivity contribution is 0.377. The molecule has 100 valence electrons. The third-order valence-electron chi connectivity index (χ3n) is 2.71. The van der Waals surface area contributed by atoms with Gasteiger partial charge in [0.05, 0.1) is 13.0 Å². The normalized spacial score (nSPS) is 10.3. The van der Waals surface area contributed by atoms with Gasteiger partial charge in [-0.15, -0.1) is 11.6 Å². The van der Waals surface area contributed by atoms with Gasteiger partial charge in [0.25, 0.3) is 0 Å². The smallest absolute Gasteiger partial charge is 0.169 e. The Morgan fingerprint density at radius 2 is 1.84 bits per heavy atom. The molecule has 2 aromatic rings. The maximum atomic E-state index is 5.92. The van der Waals surface area contributed by atoms with Gasteiger partial charge in [0.2, 0.25) is 0 Å². The predicted molar refractivity (Wildman–Crippen MR) is 81.5 cm³/mol. The van der Waals surface area contributed by atoms with Crippen molar-refractivity contribution in [3.05, 3.63) is 52.0 Å². The van der Waals surface area contributed by atoms with Gasteiger partial charge in [-0.1, -0.05) is 28.1 Å². The summed E-state index contributed by atoms with van der Waals surface area (Å²) < 4.78 is 12.2. The minimum absolute atomic E-state index is 0.400. The molecule has 0 aliphatic heterocycles. The number of rotatable bonds is 4. The quantitative estimate of drug-likeness (QED) is 0.703. The molecule has 0 aliphatic carbocycles.